The van der Waals surface area contributed by atoms with Crippen molar-refractivity contribution in [3.05, 3.63) is 24.3 Å². The highest BCUT2D eigenvalue weighted by Crippen LogP contribution is 2.45. The zero-order chi connectivity index (χ0) is 66.8. The third kappa shape index (κ3) is 66.0. The van der Waals surface area contributed by atoms with Crippen molar-refractivity contribution in [3.8, 4) is 0 Å². The first-order valence-electron chi connectivity index (χ1n) is 37.1. The van der Waals surface area contributed by atoms with Crippen LogP contribution < -0.4 is 0 Å². The van der Waals surface area contributed by atoms with Crippen LogP contribution in [0.1, 0.15) is 355 Å². The van der Waals surface area contributed by atoms with Crippen LogP contribution in [0.15, 0.2) is 24.3 Å². The molecule has 17 nitrogen and oxygen atoms in total. The summed E-state index contributed by atoms with van der Waals surface area (Å²) in [6.45, 7) is 4.87. The smallest absolute Gasteiger partial charge is 0.462 e. The van der Waals surface area contributed by atoms with Gasteiger partial charge in [0, 0.05) is 25.7 Å². The fourth-order valence-electron chi connectivity index (χ4n) is 10.5. The third-order valence-electron chi connectivity index (χ3n) is 16.2. The Kier molecular flexibility index (Phi) is 64.4. The molecule has 0 bridgehead atoms. The highest BCUT2D eigenvalue weighted by molar-refractivity contribution is 7.47. The minimum Gasteiger partial charge on any atom is -0.462 e. The molecule has 0 rings (SSSR count). The van der Waals surface area contributed by atoms with Gasteiger partial charge in [-0.3, -0.25) is 37.3 Å². The molecule has 0 aromatic carbocycles. The number of carbonyl (C=O) groups is 4. The van der Waals surface area contributed by atoms with Gasteiger partial charge >= 0.3 is 39.5 Å². The number of hydrogen-bond acceptors (Lipinski definition) is 15. The van der Waals surface area contributed by atoms with Gasteiger partial charge in [-0.1, -0.05) is 302 Å². The molecule has 0 aromatic rings. The molecule has 536 valence electrons. The van der Waals surface area contributed by atoms with Crippen LogP contribution in [-0.2, 0) is 65.4 Å². The molecule has 0 amide bonds. The van der Waals surface area contributed by atoms with Gasteiger partial charge < -0.3 is 33.8 Å². The fraction of sp³-hybridized carbons (Fsp3) is 0.889. The van der Waals surface area contributed by atoms with Crippen LogP contribution in [0.2, 0.25) is 0 Å². The van der Waals surface area contributed by atoms with E-state index in [4.69, 9.17) is 37.0 Å². The van der Waals surface area contributed by atoms with E-state index >= 15 is 0 Å². The van der Waals surface area contributed by atoms with E-state index in [-0.39, 0.29) is 25.7 Å². The van der Waals surface area contributed by atoms with E-state index in [1.165, 1.54) is 167 Å². The molecule has 19 heteroatoms. The first-order chi connectivity index (χ1) is 44.2. The number of esters is 4. The van der Waals surface area contributed by atoms with Crippen LogP contribution in [0, 0.1) is 0 Å². The molecule has 3 N–H and O–H groups in total. The molecule has 5 atom stereocenters. The van der Waals surface area contributed by atoms with E-state index in [2.05, 4.69) is 52.0 Å². The van der Waals surface area contributed by atoms with Crippen molar-refractivity contribution in [1.82, 2.24) is 0 Å². The standard InChI is InChI=1S/C72H136O17P2/c1-5-9-13-17-21-25-28-30-32-33-35-37-39-43-47-51-55-59-72(77)89-68(63-83-70(75)57-53-49-45-42-38-36-34-31-29-26-22-18-14-10-6-2)65-87-91(80,81)85-61-66(73)60-84-90(78,79)86-64-67(62-82-69(74)56-52-48-44-40-24-20-16-12-8-4)88-71(76)58-54-50-46-41-27-23-19-15-11-7-3/h26,29,31,34,66-68,73H,5-25,27-28,30,32-33,35-65H2,1-4H3,(H,78,79)(H,80,81)/b29-26-,34-31-/t66-,67+,68+/m0/s1. The lowest BCUT2D eigenvalue weighted by molar-refractivity contribution is -0.161. The number of aliphatic hydroxyl groups is 1. The highest BCUT2D eigenvalue weighted by atomic mass is 31.2. The van der Waals surface area contributed by atoms with Gasteiger partial charge in [0.15, 0.2) is 12.2 Å². The Labute approximate surface area is 554 Å². The monoisotopic (exact) mass is 1330 g/mol. The van der Waals surface area contributed by atoms with Crippen LogP contribution in [0.3, 0.4) is 0 Å². The molecule has 0 aromatic heterocycles. The summed E-state index contributed by atoms with van der Waals surface area (Å²) < 4.78 is 68.2. The first kappa shape index (κ1) is 88.5. The predicted molar refractivity (Wildman–Crippen MR) is 368 cm³/mol. The molecule has 0 saturated carbocycles. The lowest BCUT2D eigenvalue weighted by Crippen LogP contribution is -2.30. The van der Waals surface area contributed by atoms with Crippen molar-refractivity contribution < 1.29 is 80.2 Å². The number of allylic oxidation sites excluding steroid dienone is 4. The van der Waals surface area contributed by atoms with Crippen LogP contribution in [0.5, 0.6) is 0 Å². The summed E-state index contributed by atoms with van der Waals surface area (Å²) in [6.07, 6.45) is 57.6. The number of rotatable bonds is 71. The molecule has 0 aliphatic carbocycles. The maximum absolute atomic E-state index is 13.0. The zero-order valence-corrected chi connectivity index (χ0v) is 60.1. The van der Waals surface area contributed by atoms with Crippen molar-refractivity contribution in [2.45, 2.75) is 373 Å². The predicted octanol–water partition coefficient (Wildman–Crippen LogP) is 20.6. The van der Waals surface area contributed by atoms with E-state index in [1.54, 1.807) is 0 Å². The Morgan fingerprint density at radius 3 is 0.802 bits per heavy atom. The maximum Gasteiger partial charge on any atom is 0.472 e. The van der Waals surface area contributed by atoms with Gasteiger partial charge in [-0.05, 0) is 51.4 Å². The Hall–Kier alpha value is -2.46. The van der Waals surface area contributed by atoms with Gasteiger partial charge in [-0.25, -0.2) is 9.13 Å². The van der Waals surface area contributed by atoms with Crippen LogP contribution >= 0.6 is 15.6 Å². The fourth-order valence-corrected chi connectivity index (χ4v) is 12.1. The summed E-state index contributed by atoms with van der Waals surface area (Å²) in [6, 6.07) is 0. The van der Waals surface area contributed by atoms with Gasteiger partial charge in [0.25, 0.3) is 0 Å². The van der Waals surface area contributed by atoms with Crippen LogP contribution in [-0.4, -0.2) is 96.7 Å². The number of phosphoric acid groups is 2. The molecule has 2 unspecified atom stereocenters. The second kappa shape index (κ2) is 66.2. The molecule has 0 fully saturated rings. The summed E-state index contributed by atoms with van der Waals surface area (Å²) in [5, 5.41) is 10.6. The molecular formula is C72H136O17P2. The first-order valence-corrected chi connectivity index (χ1v) is 40.1. The number of aliphatic hydroxyl groups excluding tert-OH is 1. The van der Waals surface area contributed by atoms with E-state index < -0.39 is 97.5 Å². The van der Waals surface area contributed by atoms with Gasteiger partial charge in [-0.2, -0.15) is 0 Å². The second-order valence-electron chi connectivity index (χ2n) is 25.3. The lowest BCUT2D eigenvalue weighted by Gasteiger charge is -2.21. The normalized spacial score (nSPS) is 14.1. The second-order valence-corrected chi connectivity index (χ2v) is 28.2. The van der Waals surface area contributed by atoms with Crippen molar-refractivity contribution in [2.24, 2.45) is 0 Å². The molecule has 0 heterocycles. The quantitative estimate of drug-likeness (QED) is 0.0169. The van der Waals surface area contributed by atoms with Crippen LogP contribution in [0.4, 0.5) is 0 Å². The Morgan fingerprint density at radius 1 is 0.308 bits per heavy atom. The number of unbranched alkanes of at least 4 members (excludes halogenated alkanes) is 42. The molecular weight excluding hydrogens is 1200 g/mol. The summed E-state index contributed by atoms with van der Waals surface area (Å²) in [5.41, 5.74) is 0. The van der Waals surface area contributed by atoms with Crippen molar-refractivity contribution in [2.75, 3.05) is 39.6 Å². The lowest BCUT2D eigenvalue weighted by atomic mass is 10.0. The van der Waals surface area contributed by atoms with E-state index in [0.717, 1.165) is 109 Å². The summed E-state index contributed by atoms with van der Waals surface area (Å²) in [4.78, 5) is 72.5. The topological polar surface area (TPSA) is 237 Å². The Balaban J connectivity index is 5.25. The highest BCUT2D eigenvalue weighted by Gasteiger charge is 2.30. The number of hydrogen-bond donors (Lipinski definition) is 3. The number of phosphoric ester groups is 2. The average molecular weight is 1340 g/mol. The third-order valence-corrected chi connectivity index (χ3v) is 18.1. The van der Waals surface area contributed by atoms with Crippen molar-refractivity contribution >= 4 is 39.5 Å². The Bertz CT molecular complexity index is 1830. The molecule has 0 aliphatic heterocycles. The molecule has 0 spiro atoms. The summed E-state index contributed by atoms with van der Waals surface area (Å²) in [7, 11) is -9.91. The molecule has 91 heavy (non-hydrogen) atoms. The number of carbonyl (C=O) groups excluding carboxylic acids is 4. The van der Waals surface area contributed by atoms with Gasteiger partial charge in [-0.15, -0.1) is 0 Å². The Morgan fingerprint density at radius 2 is 0.527 bits per heavy atom. The van der Waals surface area contributed by atoms with E-state index in [0.29, 0.717) is 25.7 Å². The SMILES string of the molecule is CCCCCC/C=C\C=C/CCCCCCCC(=O)OC[C@H](COP(=O)(O)OC[C@@H](O)COP(=O)(O)OC[C@@H](COC(=O)CCCCCCCCCCC)OC(=O)CCCCCCCCCCCC)OC(=O)CCCCCCCCCCCCCCCCCCC. The average Bonchev–Trinajstić information content (AvgIpc) is 2.49. The van der Waals surface area contributed by atoms with Crippen LogP contribution in [0.25, 0.3) is 0 Å². The molecule has 0 radical (unpaired) electrons. The minimum atomic E-state index is -4.96. The van der Waals surface area contributed by atoms with Crippen molar-refractivity contribution in [1.29, 1.82) is 0 Å². The maximum atomic E-state index is 13.0. The minimum absolute atomic E-state index is 0.102. The van der Waals surface area contributed by atoms with Gasteiger partial charge in [0.2, 0.25) is 0 Å². The van der Waals surface area contributed by atoms with E-state index in [9.17, 15) is 43.2 Å². The summed E-state index contributed by atoms with van der Waals surface area (Å²) in [5.74, 6) is -2.15. The molecule has 0 saturated heterocycles. The van der Waals surface area contributed by atoms with Gasteiger partial charge in [0.05, 0.1) is 26.4 Å². The summed E-state index contributed by atoms with van der Waals surface area (Å²) >= 11 is 0. The molecule has 0 aliphatic rings. The zero-order valence-electron chi connectivity index (χ0n) is 58.3. The number of ether oxygens (including phenoxy) is 4. The van der Waals surface area contributed by atoms with Crippen molar-refractivity contribution in [3.63, 3.8) is 0 Å². The van der Waals surface area contributed by atoms with E-state index in [1.807, 2.05) is 0 Å². The van der Waals surface area contributed by atoms with Gasteiger partial charge in [0.1, 0.15) is 19.3 Å². The largest absolute Gasteiger partial charge is 0.472 e.